The highest BCUT2D eigenvalue weighted by molar-refractivity contribution is 6.20. The Labute approximate surface area is 71.7 Å². The summed E-state index contributed by atoms with van der Waals surface area (Å²) in [5, 5.41) is 6.90. The van der Waals surface area contributed by atoms with E-state index in [1.807, 2.05) is 0 Å². The smallest absolute Gasteiger partial charge is 0.109 e. The van der Waals surface area contributed by atoms with Crippen molar-refractivity contribution in [3.05, 3.63) is 0 Å². The minimum absolute atomic E-state index is 0.0213. The van der Waals surface area contributed by atoms with Crippen LogP contribution in [0, 0.1) is 0 Å². The van der Waals surface area contributed by atoms with Crippen LogP contribution in [-0.4, -0.2) is 23.8 Å². The van der Waals surface area contributed by atoms with Gasteiger partial charge in [0.2, 0.25) is 0 Å². The Morgan fingerprint density at radius 3 is 2.73 bits per heavy atom. The van der Waals surface area contributed by atoms with Crippen LogP contribution in [0.1, 0.15) is 19.3 Å². The van der Waals surface area contributed by atoms with E-state index in [9.17, 15) is 0 Å². The molecule has 4 unspecified atom stereocenters. The molecule has 4 N–H and O–H groups in total. The Morgan fingerprint density at radius 2 is 1.91 bits per heavy atom. The number of hydrogen-bond acceptors (Lipinski definition) is 3. The van der Waals surface area contributed by atoms with Crippen LogP contribution in [-0.2, 0) is 0 Å². The molecule has 0 spiro atoms. The van der Waals surface area contributed by atoms with Crippen molar-refractivity contribution in [2.45, 2.75) is 43.0 Å². The van der Waals surface area contributed by atoms with Gasteiger partial charge in [0.25, 0.3) is 0 Å². The van der Waals surface area contributed by atoms with Gasteiger partial charge in [-0.2, -0.15) is 0 Å². The van der Waals surface area contributed by atoms with Gasteiger partial charge in [0, 0.05) is 17.5 Å². The molecule has 2 aliphatic rings. The van der Waals surface area contributed by atoms with E-state index in [1.54, 1.807) is 0 Å². The summed E-state index contributed by atoms with van der Waals surface area (Å²) in [6, 6.07) is 1.06. The van der Waals surface area contributed by atoms with Gasteiger partial charge in [-0.15, -0.1) is 11.6 Å². The quantitative estimate of drug-likeness (QED) is 0.453. The third kappa shape index (κ3) is 1.51. The van der Waals surface area contributed by atoms with Gasteiger partial charge in [0.1, 0.15) is 6.29 Å². The van der Waals surface area contributed by atoms with E-state index in [2.05, 4.69) is 10.6 Å². The molecule has 0 radical (unpaired) electrons. The summed E-state index contributed by atoms with van der Waals surface area (Å²) in [5.74, 6) is 0. The van der Waals surface area contributed by atoms with Crippen LogP contribution in [0.2, 0.25) is 0 Å². The summed E-state index contributed by atoms with van der Waals surface area (Å²) < 4.78 is 0. The number of nitrogens with two attached hydrogens (primary N) is 1. The number of rotatable bonds is 0. The van der Waals surface area contributed by atoms with Gasteiger partial charge in [-0.3, -0.25) is 10.6 Å². The first-order chi connectivity index (χ1) is 5.25. The van der Waals surface area contributed by atoms with Crippen molar-refractivity contribution in [2.24, 2.45) is 5.73 Å². The van der Waals surface area contributed by atoms with Crippen LogP contribution in [0.4, 0.5) is 0 Å². The van der Waals surface area contributed by atoms with Gasteiger partial charge < -0.3 is 5.73 Å². The molecule has 0 amide bonds. The maximum atomic E-state index is 6.02. The number of halogens is 1. The topological polar surface area (TPSA) is 50.1 Å². The first-order valence-electron chi connectivity index (χ1n) is 4.17. The van der Waals surface area contributed by atoms with E-state index in [4.69, 9.17) is 17.3 Å². The van der Waals surface area contributed by atoms with Gasteiger partial charge in [0.15, 0.2) is 0 Å². The van der Waals surface area contributed by atoms with Gasteiger partial charge >= 0.3 is 0 Å². The van der Waals surface area contributed by atoms with Gasteiger partial charge in [-0.05, 0) is 19.3 Å². The second-order valence-corrected chi connectivity index (χ2v) is 4.05. The van der Waals surface area contributed by atoms with Crippen LogP contribution >= 0.6 is 11.6 Å². The summed E-state index contributed by atoms with van der Waals surface area (Å²) in [5.41, 5.74) is 5.67. The lowest BCUT2D eigenvalue weighted by Crippen LogP contribution is -2.41. The molecule has 4 heteroatoms. The molecule has 1 saturated heterocycles. The van der Waals surface area contributed by atoms with Crippen molar-refractivity contribution in [3.63, 3.8) is 0 Å². The Kier molecular flexibility index (Phi) is 2.06. The van der Waals surface area contributed by atoms with Crippen LogP contribution in [0.15, 0.2) is 0 Å². The van der Waals surface area contributed by atoms with E-state index >= 15 is 0 Å². The summed E-state index contributed by atoms with van der Waals surface area (Å²) >= 11 is 6.02. The molecule has 2 rings (SSSR count). The maximum Gasteiger partial charge on any atom is 0.109 e. The Hall–Kier alpha value is 0.170. The fourth-order valence-electron chi connectivity index (χ4n) is 2.01. The molecule has 0 aromatic heterocycles. The Morgan fingerprint density at radius 1 is 1.18 bits per heavy atom. The summed E-state index contributed by atoms with van der Waals surface area (Å²) in [4.78, 5) is 0. The zero-order valence-electron chi connectivity index (χ0n) is 6.39. The van der Waals surface area contributed by atoms with Crippen LogP contribution in [0.3, 0.4) is 0 Å². The molecule has 4 atom stereocenters. The van der Waals surface area contributed by atoms with Gasteiger partial charge in [-0.1, -0.05) is 0 Å². The molecule has 11 heavy (non-hydrogen) atoms. The third-order valence-electron chi connectivity index (χ3n) is 2.57. The average molecular weight is 176 g/mol. The molecule has 1 aliphatic heterocycles. The molecule has 2 fully saturated rings. The molecule has 3 nitrogen and oxygen atoms in total. The summed E-state index contributed by atoms with van der Waals surface area (Å²) in [7, 11) is 0. The largest absolute Gasteiger partial charge is 0.304 e. The standard InChI is InChI=1S/C7H14ClN3/c8-4-1-2-5-6(3-4)11-7(9)10-5/h4-7,10-11H,1-3,9H2. The van der Waals surface area contributed by atoms with E-state index in [1.165, 1.54) is 0 Å². The normalized spacial score (nSPS) is 50.7. The zero-order chi connectivity index (χ0) is 7.84. The molecule has 0 aromatic carbocycles. The number of alkyl halides is 1. The Balaban J connectivity index is 1.97. The van der Waals surface area contributed by atoms with Crippen molar-refractivity contribution in [3.8, 4) is 0 Å². The minimum Gasteiger partial charge on any atom is -0.304 e. The van der Waals surface area contributed by atoms with E-state index in [-0.39, 0.29) is 6.29 Å². The molecule has 1 heterocycles. The highest BCUT2D eigenvalue weighted by Crippen LogP contribution is 2.25. The lowest BCUT2D eigenvalue weighted by Gasteiger charge is -2.27. The second kappa shape index (κ2) is 2.90. The molecular weight excluding hydrogens is 162 g/mol. The number of hydrogen-bond donors (Lipinski definition) is 3. The second-order valence-electron chi connectivity index (χ2n) is 3.43. The molecule has 1 aliphatic carbocycles. The Bertz CT molecular complexity index is 153. The lowest BCUT2D eigenvalue weighted by molar-refractivity contribution is 0.378. The molecule has 0 aromatic rings. The highest BCUT2D eigenvalue weighted by Gasteiger charge is 2.35. The number of fused-ring (bicyclic) bond motifs is 1. The van der Waals surface area contributed by atoms with E-state index in [0.717, 1.165) is 19.3 Å². The van der Waals surface area contributed by atoms with Crippen LogP contribution < -0.4 is 16.4 Å². The molecular formula is C7H14ClN3. The first kappa shape index (κ1) is 7.80. The van der Waals surface area contributed by atoms with Crippen molar-refractivity contribution < 1.29 is 0 Å². The van der Waals surface area contributed by atoms with E-state index in [0.29, 0.717) is 17.5 Å². The van der Waals surface area contributed by atoms with Gasteiger partial charge in [-0.25, -0.2) is 0 Å². The fourth-order valence-corrected chi connectivity index (χ4v) is 2.33. The van der Waals surface area contributed by atoms with Crippen molar-refractivity contribution >= 4 is 11.6 Å². The van der Waals surface area contributed by atoms with Crippen LogP contribution in [0.5, 0.6) is 0 Å². The average Bonchev–Trinajstić information content (AvgIpc) is 2.27. The zero-order valence-corrected chi connectivity index (χ0v) is 7.14. The maximum absolute atomic E-state index is 6.02. The van der Waals surface area contributed by atoms with Crippen molar-refractivity contribution in [1.29, 1.82) is 0 Å². The minimum atomic E-state index is -0.0213. The van der Waals surface area contributed by atoms with E-state index < -0.39 is 0 Å². The predicted octanol–water partition coefficient (Wildman–Crippen LogP) is -0.0500. The van der Waals surface area contributed by atoms with Crippen molar-refractivity contribution in [2.75, 3.05) is 0 Å². The summed E-state index contributed by atoms with van der Waals surface area (Å²) in [6.07, 6.45) is 3.29. The third-order valence-corrected chi connectivity index (χ3v) is 2.97. The highest BCUT2D eigenvalue weighted by atomic mass is 35.5. The molecule has 1 saturated carbocycles. The predicted molar refractivity (Wildman–Crippen MR) is 45.3 cm³/mol. The van der Waals surface area contributed by atoms with Gasteiger partial charge in [0.05, 0.1) is 0 Å². The lowest BCUT2D eigenvalue weighted by atomic mass is 9.91. The monoisotopic (exact) mass is 175 g/mol. The summed E-state index contributed by atoms with van der Waals surface area (Å²) in [6.45, 7) is 0. The first-order valence-corrected chi connectivity index (χ1v) is 4.61. The van der Waals surface area contributed by atoms with Crippen molar-refractivity contribution in [1.82, 2.24) is 10.6 Å². The SMILES string of the molecule is NC1NC2CCC(Cl)CC2N1. The molecule has 64 valence electrons. The fraction of sp³-hybridized carbons (Fsp3) is 1.00. The molecule has 0 bridgehead atoms. The van der Waals surface area contributed by atoms with Crippen LogP contribution in [0.25, 0.3) is 0 Å². The number of nitrogens with one attached hydrogen (secondary N) is 2.